The predicted molar refractivity (Wildman–Crippen MR) is 69.8 cm³/mol. The quantitative estimate of drug-likeness (QED) is 0.872. The van der Waals surface area contributed by atoms with Crippen LogP contribution in [-0.2, 0) is 6.54 Å². The van der Waals surface area contributed by atoms with Gasteiger partial charge in [0.25, 0.3) is 0 Å². The molecule has 0 radical (unpaired) electrons. The van der Waals surface area contributed by atoms with Gasteiger partial charge in [0, 0.05) is 11.3 Å². The number of aryl methyl sites for hydroxylation is 1. The summed E-state index contributed by atoms with van der Waals surface area (Å²) >= 11 is 2.02. The van der Waals surface area contributed by atoms with Gasteiger partial charge in [0.2, 0.25) is 0 Å². The number of thioether (sulfide) groups is 1. The molecule has 1 aromatic heterocycles. The molecule has 1 aliphatic rings. The van der Waals surface area contributed by atoms with E-state index in [-0.39, 0.29) is 0 Å². The van der Waals surface area contributed by atoms with E-state index in [0.29, 0.717) is 6.04 Å². The lowest BCUT2D eigenvalue weighted by atomic mass is 9.95. The van der Waals surface area contributed by atoms with Gasteiger partial charge in [-0.15, -0.1) is 0 Å². The van der Waals surface area contributed by atoms with Crippen molar-refractivity contribution in [2.75, 3.05) is 6.26 Å². The zero-order valence-corrected chi connectivity index (χ0v) is 11.0. The van der Waals surface area contributed by atoms with Crippen LogP contribution in [0.15, 0.2) is 16.5 Å². The van der Waals surface area contributed by atoms with Gasteiger partial charge in [-0.3, -0.25) is 0 Å². The second-order valence-electron chi connectivity index (χ2n) is 4.60. The third-order valence-electron chi connectivity index (χ3n) is 3.37. The first-order chi connectivity index (χ1) is 7.78. The van der Waals surface area contributed by atoms with Gasteiger partial charge >= 0.3 is 0 Å². The highest BCUT2D eigenvalue weighted by Crippen LogP contribution is 2.26. The molecule has 0 saturated heterocycles. The van der Waals surface area contributed by atoms with E-state index in [1.165, 1.54) is 25.7 Å². The van der Waals surface area contributed by atoms with Crippen molar-refractivity contribution < 1.29 is 4.42 Å². The molecule has 0 amide bonds. The van der Waals surface area contributed by atoms with Gasteiger partial charge in [-0.05, 0) is 51.0 Å². The van der Waals surface area contributed by atoms with Crippen LogP contribution in [0.3, 0.4) is 0 Å². The van der Waals surface area contributed by atoms with Crippen LogP contribution in [0.5, 0.6) is 0 Å². The SMILES string of the molecule is CSC1CCC(NCc2ccc(C)o2)CC1. The Labute approximate surface area is 102 Å². The Morgan fingerprint density at radius 2 is 2.06 bits per heavy atom. The molecule has 90 valence electrons. The molecule has 0 aliphatic heterocycles. The Bertz CT molecular complexity index is 315. The molecule has 1 saturated carbocycles. The second-order valence-corrected chi connectivity index (χ2v) is 5.74. The van der Waals surface area contributed by atoms with E-state index in [0.717, 1.165) is 23.3 Å². The summed E-state index contributed by atoms with van der Waals surface area (Å²) in [5.74, 6) is 2.06. The van der Waals surface area contributed by atoms with E-state index in [1.807, 2.05) is 24.8 Å². The topological polar surface area (TPSA) is 25.2 Å². The first kappa shape index (κ1) is 12.1. The van der Waals surface area contributed by atoms with E-state index >= 15 is 0 Å². The summed E-state index contributed by atoms with van der Waals surface area (Å²) in [6.45, 7) is 2.87. The van der Waals surface area contributed by atoms with Crippen LogP contribution in [0.2, 0.25) is 0 Å². The smallest absolute Gasteiger partial charge is 0.117 e. The second kappa shape index (κ2) is 5.78. The lowest BCUT2D eigenvalue weighted by molar-refractivity contribution is 0.359. The molecule has 16 heavy (non-hydrogen) atoms. The molecule has 0 unspecified atom stereocenters. The van der Waals surface area contributed by atoms with Gasteiger partial charge in [0.15, 0.2) is 0 Å². The molecule has 1 aromatic rings. The van der Waals surface area contributed by atoms with E-state index in [4.69, 9.17) is 4.42 Å². The summed E-state index contributed by atoms with van der Waals surface area (Å²) in [6.07, 6.45) is 7.56. The third-order valence-corrected chi connectivity index (χ3v) is 4.51. The van der Waals surface area contributed by atoms with Crippen LogP contribution in [0.25, 0.3) is 0 Å². The van der Waals surface area contributed by atoms with Gasteiger partial charge in [-0.1, -0.05) is 0 Å². The summed E-state index contributed by atoms with van der Waals surface area (Å²) in [7, 11) is 0. The fourth-order valence-corrected chi connectivity index (χ4v) is 3.07. The maximum absolute atomic E-state index is 5.55. The Balaban J connectivity index is 1.71. The standard InChI is InChI=1S/C13H21NOS/c1-10-3-6-12(15-10)9-14-11-4-7-13(16-2)8-5-11/h3,6,11,13-14H,4-5,7-9H2,1-2H3. The molecule has 0 atom stereocenters. The van der Waals surface area contributed by atoms with Crippen LogP contribution < -0.4 is 5.32 Å². The van der Waals surface area contributed by atoms with Crippen molar-refractivity contribution in [3.8, 4) is 0 Å². The molecule has 1 N–H and O–H groups in total. The fraction of sp³-hybridized carbons (Fsp3) is 0.692. The van der Waals surface area contributed by atoms with E-state index in [2.05, 4.69) is 17.6 Å². The van der Waals surface area contributed by atoms with Gasteiger partial charge in [-0.2, -0.15) is 11.8 Å². The van der Waals surface area contributed by atoms with E-state index in [9.17, 15) is 0 Å². The van der Waals surface area contributed by atoms with Crippen LogP contribution in [0.4, 0.5) is 0 Å². The first-order valence-electron chi connectivity index (χ1n) is 6.09. The maximum Gasteiger partial charge on any atom is 0.117 e. The molecule has 0 bridgehead atoms. The van der Waals surface area contributed by atoms with Gasteiger partial charge in [-0.25, -0.2) is 0 Å². The zero-order chi connectivity index (χ0) is 11.4. The average Bonchev–Trinajstić information content (AvgIpc) is 2.73. The first-order valence-corrected chi connectivity index (χ1v) is 7.38. The molecule has 1 fully saturated rings. The molecular formula is C13H21NOS. The molecule has 1 heterocycles. The highest BCUT2D eigenvalue weighted by molar-refractivity contribution is 7.99. The van der Waals surface area contributed by atoms with Crippen molar-refractivity contribution in [1.29, 1.82) is 0 Å². The Morgan fingerprint density at radius 3 is 2.62 bits per heavy atom. The average molecular weight is 239 g/mol. The van der Waals surface area contributed by atoms with Crippen molar-refractivity contribution in [3.05, 3.63) is 23.7 Å². The van der Waals surface area contributed by atoms with Crippen molar-refractivity contribution in [2.45, 2.75) is 50.4 Å². The predicted octanol–water partition coefficient (Wildman–Crippen LogP) is 3.35. The maximum atomic E-state index is 5.55. The van der Waals surface area contributed by atoms with Gasteiger partial charge in [0.1, 0.15) is 11.5 Å². The number of nitrogens with one attached hydrogen (secondary N) is 1. The van der Waals surface area contributed by atoms with Crippen molar-refractivity contribution >= 4 is 11.8 Å². The zero-order valence-electron chi connectivity index (χ0n) is 10.2. The van der Waals surface area contributed by atoms with Crippen molar-refractivity contribution in [1.82, 2.24) is 5.32 Å². The number of hydrogen-bond donors (Lipinski definition) is 1. The monoisotopic (exact) mass is 239 g/mol. The van der Waals surface area contributed by atoms with E-state index < -0.39 is 0 Å². The minimum absolute atomic E-state index is 0.689. The summed E-state index contributed by atoms with van der Waals surface area (Å²) < 4.78 is 5.55. The van der Waals surface area contributed by atoms with Crippen LogP contribution in [0.1, 0.15) is 37.2 Å². The summed E-state index contributed by atoms with van der Waals surface area (Å²) in [6, 6.07) is 4.78. The molecule has 2 nitrogen and oxygen atoms in total. The minimum Gasteiger partial charge on any atom is -0.465 e. The molecular weight excluding hydrogens is 218 g/mol. The molecule has 2 rings (SSSR count). The van der Waals surface area contributed by atoms with Crippen molar-refractivity contribution in [2.24, 2.45) is 0 Å². The number of hydrogen-bond acceptors (Lipinski definition) is 3. The summed E-state index contributed by atoms with van der Waals surface area (Å²) in [5, 5.41) is 4.49. The third kappa shape index (κ3) is 3.29. The minimum atomic E-state index is 0.689. The molecule has 3 heteroatoms. The van der Waals surface area contributed by atoms with Crippen LogP contribution in [-0.4, -0.2) is 17.5 Å². The number of rotatable bonds is 4. The molecule has 0 spiro atoms. The van der Waals surface area contributed by atoms with Gasteiger partial charge < -0.3 is 9.73 Å². The van der Waals surface area contributed by atoms with E-state index in [1.54, 1.807) is 0 Å². The molecule has 0 aromatic carbocycles. The Kier molecular flexibility index (Phi) is 4.36. The van der Waals surface area contributed by atoms with Crippen molar-refractivity contribution in [3.63, 3.8) is 0 Å². The lowest BCUT2D eigenvalue weighted by Crippen LogP contribution is -2.33. The fourth-order valence-electron chi connectivity index (χ4n) is 2.33. The largest absolute Gasteiger partial charge is 0.465 e. The number of furan rings is 1. The Morgan fingerprint density at radius 1 is 1.31 bits per heavy atom. The summed E-state index contributed by atoms with van der Waals surface area (Å²) in [4.78, 5) is 0. The van der Waals surface area contributed by atoms with Crippen LogP contribution in [0, 0.1) is 6.92 Å². The lowest BCUT2D eigenvalue weighted by Gasteiger charge is -2.27. The van der Waals surface area contributed by atoms with Crippen LogP contribution >= 0.6 is 11.8 Å². The molecule has 1 aliphatic carbocycles. The van der Waals surface area contributed by atoms with Gasteiger partial charge in [0.05, 0.1) is 6.54 Å². The Hall–Kier alpha value is -0.410. The normalized spacial score (nSPS) is 25.9. The highest BCUT2D eigenvalue weighted by atomic mass is 32.2. The summed E-state index contributed by atoms with van der Waals surface area (Å²) in [5.41, 5.74) is 0. The highest BCUT2D eigenvalue weighted by Gasteiger charge is 2.19.